The van der Waals surface area contributed by atoms with E-state index < -0.39 is 5.82 Å². The highest BCUT2D eigenvalue weighted by molar-refractivity contribution is 9.10. The van der Waals surface area contributed by atoms with Crippen LogP contribution in [0.1, 0.15) is 28.7 Å². The Morgan fingerprint density at radius 2 is 2.10 bits per heavy atom. The maximum Gasteiger partial charge on any atom is 0.170 e. The first-order valence-corrected chi connectivity index (χ1v) is 7.72. The van der Waals surface area contributed by atoms with E-state index >= 15 is 0 Å². The second-order valence-corrected chi connectivity index (χ2v) is 6.03. The van der Waals surface area contributed by atoms with Crippen LogP contribution in [0.5, 0.6) is 0 Å². The van der Waals surface area contributed by atoms with Crippen molar-refractivity contribution in [3.63, 3.8) is 0 Å². The summed E-state index contributed by atoms with van der Waals surface area (Å²) in [6.07, 6.45) is 0.178. The van der Waals surface area contributed by atoms with E-state index in [1.165, 1.54) is 12.1 Å². The Labute approximate surface area is 133 Å². The van der Waals surface area contributed by atoms with Crippen LogP contribution in [0, 0.1) is 12.7 Å². The molecule has 0 saturated carbocycles. The molecule has 1 aromatic heterocycles. The lowest BCUT2D eigenvalue weighted by Crippen LogP contribution is -2.11. The van der Waals surface area contributed by atoms with Gasteiger partial charge in [0.05, 0.1) is 22.3 Å². The van der Waals surface area contributed by atoms with Crippen molar-refractivity contribution in [2.45, 2.75) is 26.8 Å². The largest absolute Gasteiger partial charge is 0.294 e. The summed E-state index contributed by atoms with van der Waals surface area (Å²) >= 11 is 6.74. The number of Topliss-reactive ketones (excluding diaryl/α,β-unsaturated/α-hetero) is 1. The molecule has 0 N–H and O–H groups in total. The highest BCUT2D eigenvalue weighted by atomic mass is 79.9. The van der Waals surface area contributed by atoms with E-state index in [9.17, 15) is 9.18 Å². The third kappa shape index (κ3) is 3.01. The molecule has 3 nitrogen and oxygen atoms in total. The molecule has 6 heteroatoms. The quantitative estimate of drug-likeness (QED) is 0.713. The van der Waals surface area contributed by atoms with Gasteiger partial charge in [0.15, 0.2) is 5.78 Å². The fraction of sp³-hybridized carbons (Fsp3) is 0.286. The van der Waals surface area contributed by atoms with Gasteiger partial charge in [0.2, 0.25) is 0 Å². The summed E-state index contributed by atoms with van der Waals surface area (Å²) in [5.41, 5.74) is 2.00. The molecule has 0 aliphatic heterocycles. The Morgan fingerprint density at radius 3 is 2.75 bits per heavy atom. The molecule has 0 fully saturated rings. The van der Waals surface area contributed by atoms with Crippen LogP contribution in [0.15, 0.2) is 27.1 Å². The molecule has 0 spiro atoms. The Hall–Kier alpha value is -1.01. The summed E-state index contributed by atoms with van der Waals surface area (Å²) in [6.45, 7) is 4.52. The number of ketones is 1. The van der Waals surface area contributed by atoms with Crippen molar-refractivity contribution in [2.24, 2.45) is 0 Å². The number of hydrogen-bond acceptors (Lipinski definition) is 2. The van der Waals surface area contributed by atoms with Gasteiger partial charge in [0.1, 0.15) is 5.82 Å². The molecule has 1 aromatic carbocycles. The maximum absolute atomic E-state index is 13.3. The lowest BCUT2D eigenvalue weighted by molar-refractivity contribution is 0.0989. The van der Waals surface area contributed by atoms with Crippen molar-refractivity contribution in [3.05, 3.63) is 49.9 Å². The molecule has 1 heterocycles. The number of halogens is 3. The number of hydrogen-bond donors (Lipinski definition) is 0. The van der Waals surface area contributed by atoms with E-state index in [1.54, 1.807) is 10.7 Å². The van der Waals surface area contributed by atoms with E-state index in [0.29, 0.717) is 16.6 Å². The first-order chi connectivity index (χ1) is 9.43. The fourth-order valence-electron chi connectivity index (χ4n) is 2.00. The summed E-state index contributed by atoms with van der Waals surface area (Å²) in [6, 6.07) is 4.11. The third-order valence-corrected chi connectivity index (χ3v) is 4.73. The molecule has 0 aliphatic rings. The van der Waals surface area contributed by atoms with Crippen LogP contribution >= 0.6 is 31.9 Å². The van der Waals surface area contributed by atoms with E-state index in [4.69, 9.17) is 0 Å². The first kappa shape index (κ1) is 15.4. The molecule has 0 bridgehead atoms. The number of aromatic nitrogens is 2. The Bertz CT molecular complexity index is 667. The molecule has 106 valence electrons. The van der Waals surface area contributed by atoms with Gasteiger partial charge in [-0.3, -0.25) is 9.48 Å². The van der Waals surface area contributed by atoms with Crippen molar-refractivity contribution in [2.75, 3.05) is 0 Å². The van der Waals surface area contributed by atoms with Crippen LogP contribution in [0.25, 0.3) is 0 Å². The van der Waals surface area contributed by atoms with Gasteiger partial charge in [-0.1, -0.05) is 15.9 Å². The molecule has 0 saturated heterocycles. The molecule has 0 amide bonds. The maximum atomic E-state index is 13.3. The Kier molecular flexibility index (Phi) is 4.75. The van der Waals surface area contributed by atoms with Crippen molar-refractivity contribution in [3.8, 4) is 0 Å². The van der Waals surface area contributed by atoms with Gasteiger partial charge < -0.3 is 0 Å². The lowest BCUT2D eigenvalue weighted by Gasteiger charge is -2.07. The molecular weight excluding hydrogens is 391 g/mol. The smallest absolute Gasteiger partial charge is 0.170 e. The number of aryl methyl sites for hydroxylation is 2. The van der Waals surface area contributed by atoms with Crippen LogP contribution in [0.3, 0.4) is 0 Å². The van der Waals surface area contributed by atoms with E-state index in [2.05, 4.69) is 37.0 Å². The number of benzene rings is 1. The molecule has 0 atom stereocenters. The molecule has 0 unspecified atom stereocenters. The minimum absolute atomic E-state index is 0.147. The van der Waals surface area contributed by atoms with E-state index in [1.807, 2.05) is 13.8 Å². The molecule has 2 aromatic rings. The number of nitrogens with zero attached hydrogens (tertiary/aromatic N) is 2. The highest BCUT2D eigenvalue weighted by Crippen LogP contribution is 2.25. The van der Waals surface area contributed by atoms with Gasteiger partial charge in [-0.05, 0) is 48.0 Å². The van der Waals surface area contributed by atoms with Crippen molar-refractivity contribution >= 4 is 37.6 Å². The van der Waals surface area contributed by atoms with Gasteiger partial charge in [0, 0.05) is 16.6 Å². The second kappa shape index (κ2) is 6.18. The molecule has 20 heavy (non-hydrogen) atoms. The van der Waals surface area contributed by atoms with Crippen LogP contribution in [-0.4, -0.2) is 15.6 Å². The van der Waals surface area contributed by atoms with Gasteiger partial charge in [-0.2, -0.15) is 5.10 Å². The number of carbonyl (C=O) groups excluding carboxylic acids is 1. The summed E-state index contributed by atoms with van der Waals surface area (Å²) in [5.74, 6) is -0.567. The lowest BCUT2D eigenvalue weighted by atomic mass is 10.1. The first-order valence-electron chi connectivity index (χ1n) is 6.14. The predicted octanol–water partition coefficient (Wildman–Crippen LogP) is 4.30. The summed E-state index contributed by atoms with van der Waals surface area (Å²) in [4.78, 5) is 12.4. The summed E-state index contributed by atoms with van der Waals surface area (Å²) in [5, 5.41) is 4.35. The van der Waals surface area contributed by atoms with Crippen molar-refractivity contribution in [1.82, 2.24) is 9.78 Å². The van der Waals surface area contributed by atoms with E-state index in [-0.39, 0.29) is 12.2 Å². The average Bonchev–Trinajstić information content (AvgIpc) is 2.69. The SMILES string of the molecule is CCn1nc(C)c(Br)c1CC(=O)c1cc(F)ccc1Br. The van der Waals surface area contributed by atoms with Gasteiger partial charge >= 0.3 is 0 Å². The standard InChI is InChI=1S/C14H13Br2FN2O/c1-3-19-12(14(16)8(2)18-19)7-13(20)10-6-9(17)4-5-11(10)15/h4-6H,3,7H2,1-2H3. The third-order valence-electron chi connectivity index (χ3n) is 3.01. The summed E-state index contributed by atoms with van der Waals surface area (Å²) < 4.78 is 16.5. The second-order valence-electron chi connectivity index (χ2n) is 4.39. The zero-order valence-electron chi connectivity index (χ0n) is 11.1. The van der Waals surface area contributed by atoms with Crippen molar-refractivity contribution in [1.29, 1.82) is 0 Å². The Morgan fingerprint density at radius 1 is 1.40 bits per heavy atom. The number of rotatable bonds is 4. The van der Waals surface area contributed by atoms with Gasteiger partial charge in [-0.25, -0.2) is 4.39 Å². The summed E-state index contributed by atoms with van der Waals surface area (Å²) in [7, 11) is 0. The Balaban J connectivity index is 2.35. The van der Waals surface area contributed by atoms with Gasteiger partial charge in [-0.15, -0.1) is 0 Å². The predicted molar refractivity (Wildman–Crippen MR) is 82.5 cm³/mol. The van der Waals surface area contributed by atoms with Crippen molar-refractivity contribution < 1.29 is 9.18 Å². The molecular formula is C14H13Br2FN2O. The van der Waals surface area contributed by atoms with Crippen LogP contribution < -0.4 is 0 Å². The minimum atomic E-state index is -0.421. The van der Waals surface area contributed by atoms with Crippen LogP contribution in [0.2, 0.25) is 0 Å². The number of carbonyl (C=O) groups is 1. The van der Waals surface area contributed by atoms with Gasteiger partial charge in [0.25, 0.3) is 0 Å². The molecule has 0 aliphatic carbocycles. The highest BCUT2D eigenvalue weighted by Gasteiger charge is 2.18. The zero-order chi connectivity index (χ0) is 14.9. The molecule has 2 rings (SSSR count). The van der Waals surface area contributed by atoms with Crippen LogP contribution in [-0.2, 0) is 13.0 Å². The van der Waals surface area contributed by atoms with Crippen LogP contribution in [0.4, 0.5) is 4.39 Å². The monoisotopic (exact) mass is 402 g/mol. The zero-order valence-corrected chi connectivity index (χ0v) is 14.3. The normalized spacial score (nSPS) is 10.8. The molecule has 0 radical (unpaired) electrons. The fourth-order valence-corrected chi connectivity index (χ4v) is 2.89. The minimum Gasteiger partial charge on any atom is -0.294 e. The van der Waals surface area contributed by atoms with E-state index in [0.717, 1.165) is 15.9 Å². The topological polar surface area (TPSA) is 34.9 Å². The average molecular weight is 404 g/mol.